The highest BCUT2D eigenvalue weighted by molar-refractivity contribution is 7.91. The molecule has 0 bridgehead atoms. The van der Waals surface area contributed by atoms with E-state index in [-0.39, 0.29) is 29.5 Å². The van der Waals surface area contributed by atoms with Gasteiger partial charge in [0.2, 0.25) is 0 Å². The van der Waals surface area contributed by atoms with Gasteiger partial charge in [0.15, 0.2) is 9.84 Å². The van der Waals surface area contributed by atoms with Crippen molar-refractivity contribution in [3.05, 3.63) is 18.0 Å². The molecule has 1 N–H and O–H groups in total. The number of aryl methyl sites for hydroxylation is 1. The van der Waals surface area contributed by atoms with Gasteiger partial charge >= 0.3 is 6.03 Å². The average molecular weight is 399 g/mol. The maximum Gasteiger partial charge on any atom is 0.317 e. The third-order valence-corrected chi connectivity index (χ3v) is 7.44. The Morgan fingerprint density at radius 1 is 1.44 bits per heavy atom. The number of urea groups is 1. The normalized spacial score (nSPS) is 23.6. The van der Waals surface area contributed by atoms with E-state index in [1.165, 1.54) is 6.42 Å². The Bertz CT molecular complexity index is 757. The number of hydrogen-bond acceptors (Lipinski definition) is 5. The van der Waals surface area contributed by atoms with Crippen LogP contribution in [0.25, 0.3) is 0 Å². The topological polar surface area (TPSA) is 93.5 Å². The SMILES string of the molecule is CCOCCC1(CNC(=O)N2CCS(=O)(=O)CC2c2cnn(C)c2)CCC1. The van der Waals surface area contributed by atoms with Crippen LogP contribution in [0, 0.1) is 5.41 Å². The van der Waals surface area contributed by atoms with Gasteiger partial charge in [-0.25, -0.2) is 13.2 Å². The fourth-order valence-electron chi connectivity index (χ4n) is 3.93. The minimum Gasteiger partial charge on any atom is -0.382 e. The van der Waals surface area contributed by atoms with Gasteiger partial charge in [-0.15, -0.1) is 0 Å². The number of ether oxygens (including phenoxy) is 1. The maximum absolute atomic E-state index is 12.9. The number of hydrogen-bond donors (Lipinski definition) is 1. The van der Waals surface area contributed by atoms with E-state index in [0.29, 0.717) is 19.8 Å². The van der Waals surface area contributed by atoms with E-state index in [1.807, 2.05) is 6.92 Å². The van der Waals surface area contributed by atoms with E-state index in [0.717, 1.165) is 24.8 Å². The second-order valence-corrected chi connectivity index (χ2v) is 9.96. The summed E-state index contributed by atoms with van der Waals surface area (Å²) in [7, 11) is -1.38. The summed E-state index contributed by atoms with van der Waals surface area (Å²) >= 11 is 0. The van der Waals surface area contributed by atoms with Crippen molar-refractivity contribution >= 4 is 15.9 Å². The summed E-state index contributed by atoms with van der Waals surface area (Å²) in [6.45, 7) is 4.23. The Balaban J connectivity index is 1.65. The number of rotatable bonds is 7. The average Bonchev–Trinajstić information content (AvgIpc) is 3.02. The fraction of sp³-hybridized carbons (Fsp3) is 0.778. The Kier molecular flexibility index (Phi) is 6.10. The first-order chi connectivity index (χ1) is 12.8. The molecule has 152 valence electrons. The molecule has 0 aromatic carbocycles. The lowest BCUT2D eigenvalue weighted by Gasteiger charge is -2.43. The van der Waals surface area contributed by atoms with Crippen LogP contribution in [0.2, 0.25) is 0 Å². The Hall–Kier alpha value is -1.61. The maximum atomic E-state index is 12.9. The summed E-state index contributed by atoms with van der Waals surface area (Å²) in [5.74, 6) is -0.0474. The summed E-state index contributed by atoms with van der Waals surface area (Å²) in [6.07, 6.45) is 7.74. The van der Waals surface area contributed by atoms with Gasteiger partial charge in [0.05, 0.1) is 23.7 Å². The molecule has 0 radical (unpaired) electrons. The van der Waals surface area contributed by atoms with Gasteiger partial charge in [-0.05, 0) is 31.6 Å². The second kappa shape index (κ2) is 8.18. The molecule has 2 aliphatic rings. The molecule has 1 atom stereocenters. The van der Waals surface area contributed by atoms with Crippen LogP contribution in [0.5, 0.6) is 0 Å². The number of nitrogens with zero attached hydrogens (tertiary/aromatic N) is 3. The van der Waals surface area contributed by atoms with Gasteiger partial charge in [-0.3, -0.25) is 4.68 Å². The molecule has 2 heterocycles. The van der Waals surface area contributed by atoms with E-state index < -0.39 is 15.9 Å². The van der Waals surface area contributed by atoms with Crippen molar-refractivity contribution in [1.82, 2.24) is 20.0 Å². The van der Waals surface area contributed by atoms with Gasteiger partial charge in [0.1, 0.15) is 0 Å². The van der Waals surface area contributed by atoms with E-state index >= 15 is 0 Å². The smallest absolute Gasteiger partial charge is 0.317 e. The van der Waals surface area contributed by atoms with Gasteiger partial charge in [0.25, 0.3) is 0 Å². The van der Waals surface area contributed by atoms with Gasteiger partial charge in [0, 0.05) is 45.1 Å². The molecule has 1 aliphatic carbocycles. The highest BCUT2D eigenvalue weighted by Crippen LogP contribution is 2.43. The summed E-state index contributed by atoms with van der Waals surface area (Å²) < 4.78 is 31.4. The minimum atomic E-state index is -3.16. The molecule has 27 heavy (non-hydrogen) atoms. The van der Waals surface area contributed by atoms with Crippen LogP contribution in [0.3, 0.4) is 0 Å². The molecule has 1 aromatic rings. The van der Waals surface area contributed by atoms with E-state index in [9.17, 15) is 13.2 Å². The molecule has 8 nitrogen and oxygen atoms in total. The highest BCUT2D eigenvalue weighted by atomic mass is 32.2. The Morgan fingerprint density at radius 3 is 2.81 bits per heavy atom. The fourth-order valence-corrected chi connectivity index (χ4v) is 5.42. The third kappa shape index (κ3) is 4.82. The zero-order valence-corrected chi connectivity index (χ0v) is 17.0. The van der Waals surface area contributed by atoms with Crippen LogP contribution in [0.1, 0.15) is 44.2 Å². The van der Waals surface area contributed by atoms with Crippen LogP contribution in [-0.2, 0) is 21.6 Å². The number of amides is 2. The van der Waals surface area contributed by atoms with Crippen molar-refractivity contribution in [2.75, 3.05) is 37.8 Å². The van der Waals surface area contributed by atoms with Crippen molar-refractivity contribution in [2.24, 2.45) is 12.5 Å². The molecular weight excluding hydrogens is 368 g/mol. The largest absolute Gasteiger partial charge is 0.382 e. The van der Waals surface area contributed by atoms with Crippen LogP contribution in [0.15, 0.2) is 12.4 Å². The number of carbonyl (C=O) groups excluding carboxylic acids is 1. The third-order valence-electron chi connectivity index (χ3n) is 5.81. The first-order valence-corrected chi connectivity index (χ1v) is 11.5. The van der Waals surface area contributed by atoms with Gasteiger partial charge in [-0.1, -0.05) is 6.42 Å². The number of sulfone groups is 1. The zero-order chi connectivity index (χ0) is 19.5. The Morgan fingerprint density at radius 2 is 2.22 bits per heavy atom. The lowest BCUT2D eigenvalue weighted by Crippen LogP contribution is -2.52. The highest BCUT2D eigenvalue weighted by Gasteiger charge is 2.39. The van der Waals surface area contributed by atoms with Crippen molar-refractivity contribution in [3.63, 3.8) is 0 Å². The van der Waals surface area contributed by atoms with Crippen LogP contribution in [-0.4, -0.2) is 66.9 Å². The summed E-state index contributed by atoms with van der Waals surface area (Å²) in [4.78, 5) is 14.5. The predicted octanol–water partition coefficient (Wildman–Crippen LogP) is 1.50. The number of aromatic nitrogens is 2. The molecule has 1 aromatic heterocycles. The Labute approximate surface area is 161 Å². The lowest BCUT2D eigenvalue weighted by atomic mass is 9.67. The molecule has 0 spiro atoms. The molecule has 2 fully saturated rings. The zero-order valence-electron chi connectivity index (χ0n) is 16.2. The summed E-state index contributed by atoms with van der Waals surface area (Å²) in [6, 6.07) is -0.681. The summed E-state index contributed by atoms with van der Waals surface area (Å²) in [5, 5.41) is 7.20. The first kappa shape index (κ1) is 20.1. The van der Waals surface area contributed by atoms with Gasteiger partial charge < -0.3 is 15.0 Å². The van der Waals surface area contributed by atoms with E-state index in [1.54, 1.807) is 29.0 Å². The number of carbonyl (C=O) groups is 1. The first-order valence-electron chi connectivity index (χ1n) is 9.65. The lowest BCUT2D eigenvalue weighted by molar-refractivity contribution is 0.0540. The summed E-state index contributed by atoms with van der Waals surface area (Å²) in [5.41, 5.74) is 0.877. The van der Waals surface area contributed by atoms with Crippen molar-refractivity contribution in [1.29, 1.82) is 0 Å². The molecule has 1 saturated heterocycles. The van der Waals surface area contributed by atoms with Crippen molar-refractivity contribution in [2.45, 2.75) is 38.6 Å². The molecule has 1 aliphatic heterocycles. The molecular formula is C18H30N4O4S. The monoisotopic (exact) mass is 398 g/mol. The quantitative estimate of drug-likeness (QED) is 0.703. The van der Waals surface area contributed by atoms with Crippen LogP contribution < -0.4 is 5.32 Å². The second-order valence-electron chi connectivity index (χ2n) is 7.73. The standard InChI is InChI=1S/C18H30N4O4S/c1-3-26-9-7-18(5-4-6-18)14-19-17(23)22-8-10-27(24,25)13-16(22)15-11-20-21(2)12-15/h11-12,16H,3-10,13-14H2,1-2H3,(H,19,23). The van der Waals surface area contributed by atoms with Crippen LogP contribution in [0.4, 0.5) is 4.79 Å². The molecule has 1 saturated carbocycles. The minimum absolute atomic E-state index is 0.00661. The van der Waals surface area contributed by atoms with Crippen molar-refractivity contribution in [3.8, 4) is 0 Å². The van der Waals surface area contributed by atoms with Gasteiger partial charge in [-0.2, -0.15) is 5.10 Å². The van der Waals surface area contributed by atoms with E-state index in [4.69, 9.17) is 4.74 Å². The van der Waals surface area contributed by atoms with E-state index in [2.05, 4.69) is 10.4 Å². The molecule has 1 unspecified atom stereocenters. The number of nitrogens with one attached hydrogen (secondary N) is 1. The predicted molar refractivity (Wildman–Crippen MR) is 102 cm³/mol. The van der Waals surface area contributed by atoms with Crippen molar-refractivity contribution < 1.29 is 17.9 Å². The van der Waals surface area contributed by atoms with Crippen LogP contribution >= 0.6 is 0 Å². The molecule has 3 rings (SSSR count). The molecule has 2 amide bonds. The molecule has 9 heteroatoms.